The zero-order valence-corrected chi connectivity index (χ0v) is 7.49. The Labute approximate surface area is 101 Å². The van der Waals surface area contributed by atoms with Crippen molar-refractivity contribution in [3.8, 4) is 0 Å². The van der Waals surface area contributed by atoms with Crippen LogP contribution in [0.1, 0.15) is 0 Å². The molecule has 0 aliphatic carbocycles. The van der Waals surface area contributed by atoms with Gasteiger partial charge in [0.15, 0.2) is 0 Å². The summed E-state index contributed by atoms with van der Waals surface area (Å²) < 4.78 is 0. The number of hydrogen-bond acceptors (Lipinski definition) is 0. The standard InChI is InChI=1S/Ba.Cu.H2S.Sn.4H/h;;1H2;;;;;. The van der Waals surface area contributed by atoms with Gasteiger partial charge in [-0.2, -0.15) is 13.5 Å². The summed E-state index contributed by atoms with van der Waals surface area (Å²) in [6.07, 6.45) is 0. The summed E-state index contributed by atoms with van der Waals surface area (Å²) in [7, 11) is 0. The van der Waals surface area contributed by atoms with E-state index in [1.165, 1.54) is 0 Å². The van der Waals surface area contributed by atoms with Crippen LogP contribution in [-0.2, 0) is 17.1 Å². The van der Waals surface area contributed by atoms with Gasteiger partial charge in [-0.3, -0.25) is 0 Å². The Kier molecular flexibility index (Phi) is 110. The molecule has 0 saturated heterocycles. The van der Waals surface area contributed by atoms with Gasteiger partial charge in [0.2, 0.25) is 0 Å². The summed E-state index contributed by atoms with van der Waals surface area (Å²) >= 11 is 0. The van der Waals surface area contributed by atoms with Crippen molar-refractivity contribution in [3.05, 3.63) is 0 Å². The third-order valence-electron chi connectivity index (χ3n) is 0. The summed E-state index contributed by atoms with van der Waals surface area (Å²) in [5.41, 5.74) is 0. The van der Waals surface area contributed by atoms with Crippen molar-refractivity contribution in [3.63, 3.8) is 0 Å². The van der Waals surface area contributed by atoms with E-state index in [1.54, 1.807) is 0 Å². The van der Waals surface area contributed by atoms with E-state index < -0.39 is 0 Å². The second kappa shape index (κ2) is 16.3. The summed E-state index contributed by atoms with van der Waals surface area (Å²) in [5.74, 6) is 0. The van der Waals surface area contributed by atoms with Crippen molar-refractivity contribution < 1.29 is 17.1 Å². The van der Waals surface area contributed by atoms with Crippen LogP contribution in [0.3, 0.4) is 0 Å². The van der Waals surface area contributed by atoms with Crippen molar-refractivity contribution in [1.29, 1.82) is 0 Å². The predicted octanol–water partition coefficient (Wildman–Crippen LogP) is -1.72. The third-order valence-corrected chi connectivity index (χ3v) is 0. The predicted molar refractivity (Wildman–Crippen MR) is 27.5 cm³/mol. The topological polar surface area (TPSA) is 0 Å². The van der Waals surface area contributed by atoms with E-state index in [0.29, 0.717) is 0 Å². The molecule has 0 aromatic heterocycles. The van der Waals surface area contributed by atoms with Crippen LogP contribution in [0.25, 0.3) is 0 Å². The summed E-state index contributed by atoms with van der Waals surface area (Å²) in [6, 6.07) is 0. The molecule has 0 nitrogen and oxygen atoms in total. The van der Waals surface area contributed by atoms with Crippen molar-refractivity contribution in [2.75, 3.05) is 0 Å². The summed E-state index contributed by atoms with van der Waals surface area (Å²) in [6.45, 7) is 0. The molecule has 0 aliphatic rings. The SMILES string of the molecule is S.[BaH2].[Cu].[SnH2]. The Balaban J connectivity index is 0. The molecule has 4 heteroatoms. The molecule has 0 N–H and O–H groups in total. The Morgan fingerprint density at radius 3 is 1.00 bits per heavy atom. The van der Waals surface area contributed by atoms with E-state index in [0.717, 1.165) is 0 Å². The molecule has 0 heterocycles. The van der Waals surface area contributed by atoms with Crippen molar-refractivity contribution in [2.24, 2.45) is 0 Å². The van der Waals surface area contributed by atoms with Crippen LogP contribution in [0, 0.1) is 0 Å². The molecule has 0 aromatic carbocycles. The molecule has 29 valence electrons. The van der Waals surface area contributed by atoms with Crippen LogP contribution >= 0.6 is 13.5 Å². The monoisotopic (exact) mass is 359 g/mol. The molecule has 0 rings (SSSR count). The molecular weight excluding hydrogens is 352 g/mol. The third kappa shape index (κ3) is 8.97. The van der Waals surface area contributed by atoms with Gasteiger partial charge in [0.1, 0.15) is 0 Å². The molecule has 0 aromatic rings. The molecule has 0 aliphatic heterocycles. The summed E-state index contributed by atoms with van der Waals surface area (Å²) in [5, 5.41) is 0. The molecule has 0 amide bonds. The van der Waals surface area contributed by atoms with Gasteiger partial charge >= 0.3 is 72.8 Å². The van der Waals surface area contributed by atoms with Crippen LogP contribution in [0.15, 0.2) is 0 Å². The van der Waals surface area contributed by atoms with E-state index in [-0.39, 0.29) is 103 Å². The maximum atomic E-state index is 0. The molecule has 3 radical (unpaired) electrons. The fourth-order valence-corrected chi connectivity index (χ4v) is 0. The van der Waals surface area contributed by atoms with Gasteiger partial charge < -0.3 is 0 Å². The van der Waals surface area contributed by atoms with Gasteiger partial charge in [-0.1, -0.05) is 0 Å². The molecule has 0 saturated carbocycles. The zero-order valence-electron chi connectivity index (χ0n) is 1.51. The average molecular weight is 358 g/mol. The van der Waals surface area contributed by atoms with Gasteiger partial charge in [-0.15, -0.1) is 0 Å². The van der Waals surface area contributed by atoms with Gasteiger partial charge in [-0.25, -0.2) is 0 Å². The van der Waals surface area contributed by atoms with Gasteiger partial charge in [0, 0.05) is 17.1 Å². The van der Waals surface area contributed by atoms with Crippen LogP contribution < -0.4 is 0 Å². The first-order chi connectivity index (χ1) is 0. The van der Waals surface area contributed by atoms with E-state index in [9.17, 15) is 0 Å². The summed E-state index contributed by atoms with van der Waals surface area (Å²) in [4.78, 5) is 0. The Morgan fingerprint density at radius 1 is 1.00 bits per heavy atom. The van der Waals surface area contributed by atoms with E-state index in [4.69, 9.17) is 0 Å². The zero-order chi connectivity index (χ0) is 0. The second-order valence-electron chi connectivity index (χ2n) is 0. The van der Waals surface area contributed by atoms with Gasteiger partial charge in [0.05, 0.1) is 0 Å². The van der Waals surface area contributed by atoms with Crippen LogP contribution in [-0.4, -0.2) is 72.8 Å². The Bertz CT molecular complexity index is 8.00. The van der Waals surface area contributed by atoms with E-state index >= 15 is 0 Å². The quantitative estimate of drug-likeness (QED) is 0.453. The first-order valence-electron chi connectivity index (χ1n) is 0. The van der Waals surface area contributed by atoms with Crippen LogP contribution in [0.5, 0.6) is 0 Å². The van der Waals surface area contributed by atoms with Crippen LogP contribution in [0.4, 0.5) is 0 Å². The Morgan fingerprint density at radius 2 is 1.00 bits per heavy atom. The van der Waals surface area contributed by atoms with Crippen molar-refractivity contribution >= 4 is 86.3 Å². The fraction of sp³-hybridized carbons (Fsp3) is 0. The van der Waals surface area contributed by atoms with Crippen molar-refractivity contribution in [2.45, 2.75) is 0 Å². The molecule has 0 fully saturated rings. The number of hydrogen-bond donors (Lipinski definition) is 0. The molecular formula is H6BaCuSSn. The van der Waals surface area contributed by atoms with Gasteiger partial charge in [-0.05, 0) is 0 Å². The first kappa shape index (κ1) is 26.9. The Hall–Kier alpha value is 3.24. The molecule has 0 bridgehead atoms. The van der Waals surface area contributed by atoms with E-state index in [2.05, 4.69) is 0 Å². The molecule has 0 atom stereocenters. The fourth-order valence-electron chi connectivity index (χ4n) is 0. The normalized spacial score (nSPS) is 0. The van der Waals surface area contributed by atoms with Gasteiger partial charge in [0.25, 0.3) is 0 Å². The molecule has 4 heavy (non-hydrogen) atoms. The average Bonchev–Trinajstić information content (AvgIpc) is 0. The maximum absolute atomic E-state index is 0. The first-order valence-corrected chi connectivity index (χ1v) is 0. The minimum absolute atomic E-state index is 0. The van der Waals surface area contributed by atoms with Crippen molar-refractivity contribution in [1.82, 2.24) is 0 Å². The van der Waals surface area contributed by atoms with E-state index in [1.807, 2.05) is 0 Å². The molecule has 0 unspecified atom stereocenters. The second-order valence-corrected chi connectivity index (χ2v) is 0. The molecule has 0 spiro atoms. The minimum atomic E-state index is 0. The van der Waals surface area contributed by atoms with Crippen LogP contribution in [0.2, 0.25) is 0 Å². The number of rotatable bonds is 0.